The summed E-state index contributed by atoms with van der Waals surface area (Å²) in [5.74, 6) is -0.436. The molecule has 8 heteroatoms. The zero-order chi connectivity index (χ0) is 21.1. The third-order valence-electron chi connectivity index (χ3n) is 4.70. The van der Waals surface area contributed by atoms with E-state index in [9.17, 15) is 14.4 Å². The van der Waals surface area contributed by atoms with Crippen LogP contribution >= 0.6 is 0 Å². The van der Waals surface area contributed by atoms with E-state index in [1.54, 1.807) is 30.5 Å². The number of carbonyl (C=O) groups excluding carboxylic acids is 3. The van der Waals surface area contributed by atoms with Crippen molar-refractivity contribution in [3.05, 3.63) is 65.9 Å². The molecular formula is C22H19N3O5. The lowest BCUT2D eigenvalue weighted by molar-refractivity contribution is -0.130. The van der Waals surface area contributed by atoms with Crippen LogP contribution < -0.4 is 5.32 Å². The Morgan fingerprint density at radius 2 is 1.93 bits per heavy atom. The molecule has 0 unspecified atom stereocenters. The lowest BCUT2D eigenvalue weighted by Crippen LogP contribution is -2.37. The molecule has 0 atom stereocenters. The Bertz CT molecular complexity index is 1100. The Balaban J connectivity index is 1.51. The number of urea groups is 1. The van der Waals surface area contributed by atoms with Crippen LogP contribution in [0, 0.1) is 6.92 Å². The fourth-order valence-electron chi connectivity index (χ4n) is 3.09. The fourth-order valence-corrected chi connectivity index (χ4v) is 3.09. The number of esters is 1. The van der Waals surface area contributed by atoms with Crippen LogP contribution in [0.5, 0.6) is 0 Å². The molecule has 1 fully saturated rings. The number of aryl methyl sites for hydroxylation is 1. The van der Waals surface area contributed by atoms with Crippen LogP contribution in [0.3, 0.4) is 0 Å². The number of ether oxygens (including phenoxy) is 1. The minimum Gasteiger partial charge on any atom is -0.452 e. The number of hydrogen-bond acceptors (Lipinski definition) is 6. The maximum Gasteiger partial charge on any atom is 0.339 e. The Morgan fingerprint density at radius 1 is 1.17 bits per heavy atom. The van der Waals surface area contributed by atoms with Crippen LogP contribution in [-0.4, -0.2) is 47.5 Å². The SMILES string of the molecule is Cc1ccc(-c2cnc(-c3ccccc3C(=O)OCC(=O)N3CCNC3=O)o2)cc1. The van der Waals surface area contributed by atoms with Gasteiger partial charge in [0.1, 0.15) is 0 Å². The standard InChI is InChI=1S/C22H19N3O5/c1-14-6-8-15(9-7-14)18-12-24-20(30-18)16-4-2-3-5-17(16)21(27)29-13-19(26)25-11-10-23-22(25)28/h2-9,12H,10-11,13H2,1H3,(H,23,28). The van der Waals surface area contributed by atoms with Gasteiger partial charge in [-0.3, -0.25) is 9.69 Å². The molecule has 3 amide bonds. The van der Waals surface area contributed by atoms with Crippen LogP contribution in [0.4, 0.5) is 4.79 Å². The van der Waals surface area contributed by atoms with E-state index in [4.69, 9.17) is 9.15 Å². The molecule has 2 heterocycles. The topological polar surface area (TPSA) is 102 Å². The number of aromatic nitrogens is 1. The van der Waals surface area contributed by atoms with E-state index in [1.807, 2.05) is 31.2 Å². The first kappa shape index (κ1) is 19.4. The van der Waals surface area contributed by atoms with Gasteiger partial charge in [0.2, 0.25) is 5.89 Å². The molecule has 8 nitrogen and oxygen atoms in total. The van der Waals surface area contributed by atoms with Crippen molar-refractivity contribution in [2.45, 2.75) is 6.92 Å². The summed E-state index contributed by atoms with van der Waals surface area (Å²) in [7, 11) is 0. The van der Waals surface area contributed by atoms with Gasteiger partial charge in [0.25, 0.3) is 5.91 Å². The van der Waals surface area contributed by atoms with E-state index in [-0.39, 0.29) is 18.0 Å². The van der Waals surface area contributed by atoms with Gasteiger partial charge in [0, 0.05) is 18.7 Å². The number of oxazole rings is 1. The summed E-state index contributed by atoms with van der Waals surface area (Å²) in [6.07, 6.45) is 1.59. The first-order valence-electron chi connectivity index (χ1n) is 9.40. The summed E-state index contributed by atoms with van der Waals surface area (Å²) in [6, 6.07) is 14.0. The molecule has 0 bridgehead atoms. The summed E-state index contributed by atoms with van der Waals surface area (Å²) in [5.41, 5.74) is 2.67. The summed E-state index contributed by atoms with van der Waals surface area (Å²) >= 11 is 0. The van der Waals surface area contributed by atoms with Gasteiger partial charge in [-0.05, 0) is 19.1 Å². The minimum atomic E-state index is -0.700. The third kappa shape index (κ3) is 3.93. The van der Waals surface area contributed by atoms with Crippen LogP contribution in [0.1, 0.15) is 15.9 Å². The Hall–Kier alpha value is -3.94. The summed E-state index contributed by atoms with van der Waals surface area (Å²) in [6.45, 7) is 2.11. The third-order valence-corrected chi connectivity index (χ3v) is 4.70. The molecule has 1 aliphatic rings. The van der Waals surface area contributed by atoms with Gasteiger partial charge in [-0.15, -0.1) is 0 Å². The Morgan fingerprint density at radius 3 is 2.67 bits per heavy atom. The molecule has 0 aliphatic carbocycles. The Kier molecular flexibility index (Phi) is 5.30. The molecule has 0 saturated carbocycles. The van der Waals surface area contributed by atoms with E-state index in [1.165, 1.54) is 0 Å². The van der Waals surface area contributed by atoms with E-state index < -0.39 is 24.5 Å². The molecule has 1 N–H and O–H groups in total. The van der Waals surface area contributed by atoms with E-state index in [0.29, 0.717) is 17.9 Å². The molecule has 1 aliphatic heterocycles. The number of imide groups is 1. The van der Waals surface area contributed by atoms with Crippen molar-refractivity contribution in [3.8, 4) is 22.8 Å². The summed E-state index contributed by atoms with van der Waals surface area (Å²) in [4.78, 5) is 41.5. The lowest BCUT2D eigenvalue weighted by atomic mass is 10.1. The predicted octanol–water partition coefficient (Wildman–Crippen LogP) is 3.03. The van der Waals surface area contributed by atoms with Crippen molar-refractivity contribution in [1.29, 1.82) is 0 Å². The van der Waals surface area contributed by atoms with Crippen LogP contribution in [0.15, 0.2) is 59.1 Å². The highest BCUT2D eigenvalue weighted by Gasteiger charge is 2.27. The molecule has 0 spiro atoms. The molecule has 3 aromatic rings. The van der Waals surface area contributed by atoms with E-state index >= 15 is 0 Å². The maximum atomic E-state index is 12.6. The van der Waals surface area contributed by atoms with Crippen molar-refractivity contribution in [2.75, 3.05) is 19.7 Å². The molecule has 0 radical (unpaired) electrons. The van der Waals surface area contributed by atoms with Crippen molar-refractivity contribution in [1.82, 2.24) is 15.2 Å². The number of amides is 3. The first-order valence-corrected chi connectivity index (χ1v) is 9.40. The van der Waals surface area contributed by atoms with Gasteiger partial charge >= 0.3 is 12.0 Å². The molecular weight excluding hydrogens is 386 g/mol. The smallest absolute Gasteiger partial charge is 0.339 e. The van der Waals surface area contributed by atoms with E-state index in [0.717, 1.165) is 16.0 Å². The number of rotatable bonds is 5. The van der Waals surface area contributed by atoms with Crippen LogP contribution in [0.2, 0.25) is 0 Å². The second-order valence-corrected chi connectivity index (χ2v) is 6.79. The average Bonchev–Trinajstić information content (AvgIpc) is 3.42. The predicted molar refractivity (Wildman–Crippen MR) is 108 cm³/mol. The maximum absolute atomic E-state index is 12.6. The molecule has 30 heavy (non-hydrogen) atoms. The minimum absolute atomic E-state index is 0.216. The summed E-state index contributed by atoms with van der Waals surface area (Å²) in [5, 5.41) is 2.52. The van der Waals surface area contributed by atoms with Crippen LogP contribution in [-0.2, 0) is 9.53 Å². The number of benzene rings is 2. The zero-order valence-electron chi connectivity index (χ0n) is 16.3. The Labute approximate surface area is 172 Å². The molecule has 1 aromatic heterocycles. The van der Waals surface area contributed by atoms with Gasteiger partial charge in [-0.2, -0.15) is 0 Å². The normalized spacial score (nSPS) is 13.2. The molecule has 2 aromatic carbocycles. The van der Waals surface area contributed by atoms with Crippen LogP contribution in [0.25, 0.3) is 22.8 Å². The first-order chi connectivity index (χ1) is 14.5. The van der Waals surface area contributed by atoms with Crippen molar-refractivity contribution in [3.63, 3.8) is 0 Å². The zero-order valence-corrected chi connectivity index (χ0v) is 16.3. The highest BCUT2D eigenvalue weighted by Crippen LogP contribution is 2.28. The molecule has 152 valence electrons. The number of hydrogen-bond donors (Lipinski definition) is 1. The van der Waals surface area contributed by atoms with Crippen molar-refractivity contribution >= 4 is 17.9 Å². The fraction of sp³-hybridized carbons (Fsp3) is 0.182. The number of nitrogens with zero attached hydrogens (tertiary/aromatic N) is 2. The second-order valence-electron chi connectivity index (χ2n) is 6.79. The van der Waals surface area contributed by atoms with Gasteiger partial charge in [0.15, 0.2) is 12.4 Å². The largest absolute Gasteiger partial charge is 0.452 e. The van der Waals surface area contributed by atoms with Crippen molar-refractivity contribution < 1.29 is 23.5 Å². The highest BCUT2D eigenvalue weighted by molar-refractivity contribution is 6.00. The van der Waals surface area contributed by atoms with E-state index in [2.05, 4.69) is 10.3 Å². The van der Waals surface area contributed by atoms with Crippen molar-refractivity contribution in [2.24, 2.45) is 0 Å². The number of nitrogens with one attached hydrogen (secondary N) is 1. The van der Waals surface area contributed by atoms with Gasteiger partial charge < -0.3 is 14.5 Å². The van der Waals surface area contributed by atoms with Gasteiger partial charge in [-0.1, -0.05) is 42.0 Å². The number of carbonyl (C=O) groups is 3. The highest BCUT2D eigenvalue weighted by atomic mass is 16.5. The monoisotopic (exact) mass is 405 g/mol. The molecule has 1 saturated heterocycles. The van der Waals surface area contributed by atoms with Gasteiger partial charge in [-0.25, -0.2) is 14.6 Å². The average molecular weight is 405 g/mol. The van der Waals surface area contributed by atoms with Gasteiger partial charge in [0.05, 0.1) is 17.3 Å². The lowest BCUT2D eigenvalue weighted by Gasteiger charge is -2.12. The quantitative estimate of drug-likeness (QED) is 0.655. The molecule has 4 rings (SSSR count). The summed E-state index contributed by atoms with van der Waals surface area (Å²) < 4.78 is 11.0. The second kappa shape index (κ2) is 8.20.